The minimum absolute atomic E-state index is 0.00215. The molecule has 2 aliphatic rings. The Balaban J connectivity index is 2.05. The van der Waals surface area contributed by atoms with E-state index < -0.39 is 8.24 Å². The van der Waals surface area contributed by atoms with Gasteiger partial charge in [0.15, 0.2) is 0 Å². The quantitative estimate of drug-likeness (QED) is 0.321. The molecule has 0 aromatic carbocycles. The first-order valence-electron chi connectivity index (χ1n) is 11.5. The number of unbranched alkanes of at least 4 members (excludes halogenated alkanes) is 3. The van der Waals surface area contributed by atoms with E-state index in [0.717, 1.165) is 6.61 Å². The fourth-order valence-corrected chi connectivity index (χ4v) is 12.3. The van der Waals surface area contributed by atoms with Gasteiger partial charge < -0.3 is 9.30 Å². The largest absolute Gasteiger partial charge is 0.376 e. The molecule has 1 fully saturated rings. The Kier molecular flexibility index (Phi) is 6.86. The lowest BCUT2D eigenvalue weighted by molar-refractivity contribution is -0.00471. The molecule has 1 heterocycles. The normalized spacial score (nSPS) is 25.8. The summed E-state index contributed by atoms with van der Waals surface area (Å²) in [4.78, 5) is 0. The zero-order chi connectivity index (χ0) is 21.5. The van der Waals surface area contributed by atoms with Gasteiger partial charge in [-0.15, -0.1) is 0 Å². The van der Waals surface area contributed by atoms with Crippen molar-refractivity contribution in [3.05, 3.63) is 22.3 Å². The fraction of sp³-hybridized carbons (Fsp3) is 0.840. The second-order valence-electron chi connectivity index (χ2n) is 11.6. The van der Waals surface area contributed by atoms with Crippen LogP contribution >= 0.6 is 0 Å². The van der Waals surface area contributed by atoms with E-state index in [9.17, 15) is 0 Å². The van der Waals surface area contributed by atoms with Crippen LogP contribution in [0.3, 0.4) is 0 Å². The third-order valence-corrected chi connectivity index (χ3v) is 13.9. The van der Waals surface area contributed by atoms with Crippen molar-refractivity contribution < 1.29 is 4.74 Å². The van der Waals surface area contributed by atoms with E-state index in [0.29, 0.717) is 5.04 Å². The van der Waals surface area contributed by atoms with E-state index in [1.807, 2.05) is 0 Å². The van der Waals surface area contributed by atoms with Crippen LogP contribution in [0.15, 0.2) is 22.3 Å². The Hall–Kier alpha value is -0.383. The fourth-order valence-electron chi connectivity index (χ4n) is 5.88. The number of nitrogens with zero attached hydrogens (tertiary/aromatic N) is 1. The zero-order valence-electron chi connectivity index (χ0n) is 20.8. The molecule has 1 unspecified atom stereocenters. The topological polar surface area (TPSA) is 12.5 Å². The van der Waals surface area contributed by atoms with Crippen LogP contribution in [0.4, 0.5) is 0 Å². The van der Waals surface area contributed by atoms with E-state index >= 15 is 0 Å². The van der Waals surface area contributed by atoms with Gasteiger partial charge in [-0.1, -0.05) is 37.0 Å². The summed E-state index contributed by atoms with van der Waals surface area (Å²) in [7, 11) is -1.60. The molecule has 0 aromatic rings. The van der Waals surface area contributed by atoms with Crippen molar-refractivity contribution in [1.29, 1.82) is 0 Å². The van der Waals surface area contributed by atoms with Crippen LogP contribution in [0, 0.1) is 0 Å². The molecule has 0 bridgehead atoms. The predicted octanol–water partition coefficient (Wildman–Crippen LogP) is 7.48. The third-order valence-electron chi connectivity index (χ3n) is 7.78. The molecular weight excluding hydrogens is 358 g/mol. The van der Waals surface area contributed by atoms with Gasteiger partial charge in [-0.25, -0.2) is 0 Å². The van der Waals surface area contributed by atoms with Crippen molar-refractivity contribution in [3.63, 3.8) is 0 Å². The average Bonchev–Trinajstić information content (AvgIpc) is 2.72. The maximum absolute atomic E-state index is 5.89. The van der Waals surface area contributed by atoms with E-state index in [-0.39, 0.29) is 11.1 Å². The summed E-state index contributed by atoms with van der Waals surface area (Å²) in [5.41, 5.74) is 6.80. The SMILES string of the molecule is CC1=C(C)C2(CN(C(C)(C)C)[Si]2(C)CCCCCCOC(C)(C)C)C(C)=C1C. The molecule has 0 aromatic heterocycles. The molecule has 1 aliphatic heterocycles. The number of hydrogen-bond donors (Lipinski definition) is 0. The first-order chi connectivity index (χ1) is 12.7. The summed E-state index contributed by atoms with van der Waals surface area (Å²) < 4.78 is 8.81. The summed E-state index contributed by atoms with van der Waals surface area (Å²) in [5, 5.41) is 0.393. The van der Waals surface area contributed by atoms with E-state index in [1.54, 1.807) is 22.3 Å². The monoisotopic (exact) mass is 405 g/mol. The van der Waals surface area contributed by atoms with Crippen LogP contribution in [0.1, 0.15) is 94.9 Å². The molecule has 1 atom stereocenters. The molecule has 1 spiro atoms. The lowest BCUT2D eigenvalue weighted by Crippen LogP contribution is -2.77. The number of hydrogen-bond acceptors (Lipinski definition) is 2. The first-order valence-corrected chi connectivity index (χ1v) is 14.1. The smallest absolute Gasteiger partial charge is 0.141 e. The van der Waals surface area contributed by atoms with Gasteiger partial charge in [0.05, 0.1) is 5.60 Å². The second-order valence-corrected chi connectivity index (χ2v) is 16.0. The molecule has 162 valence electrons. The molecule has 0 amide bonds. The molecule has 0 N–H and O–H groups in total. The van der Waals surface area contributed by atoms with Gasteiger partial charge >= 0.3 is 0 Å². The highest BCUT2D eigenvalue weighted by Crippen LogP contribution is 2.68. The van der Waals surface area contributed by atoms with Gasteiger partial charge in [0.1, 0.15) is 8.24 Å². The van der Waals surface area contributed by atoms with E-state index in [1.165, 1.54) is 38.3 Å². The van der Waals surface area contributed by atoms with Crippen LogP contribution in [-0.2, 0) is 4.74 Å². The van der Waals surface area contributed by atoms with Gasteiger partial charge in [-0.05, 0) is 92.8 Å². The lowest BCUT2D eigenvalue weighted by atomic mass is 9.92. The van der Waals surface area contributed by atoms with Gasteiger partial charge in [-0.3, -0.25) is 0 Å². The summed E-state index contributed by atoms with van der Waals surface area (Å²) in [6, 6.07) is 1.42. The van der Waals surface area contributed by atoms with Gasteiger partial charge in [0.2, 0.25) is 0 Å². The predicted molar refractivity (Wildman–Crippen MR) is 126 cm³/mol. The third kappa shape index (κ3) is 4.09. The minimum Gasteiger partial charge on any atom is -0.376 e. The zero-order valence-corrected chi connectivity index (χ0v) is 21.8. The number of ether oxygens (including phenoxy) is 1. The molecule has 2 nitrogen and oxygen atoms in total. The Labute approximate surface area is 176 Å². The maximum atomic E-state index is 5.89. The second kappa shape index (κ2) is 8.04. The van der Waals surface area contributed by atoms with Crippen molar-refractivity contribution in [2.75, 3.05) is 13.2 Å². The van der Waals surface area contributed by atoms with Crippen LogP contribution in [0.2, 0.25) is 17.6 Å². The van der Waals surface area contributed by atoms with Crippen molar-refractivity contribution >= 4 is 8.24 Å². The Morgan fingerprint density at radius 3 is 1.82 bits per heavy atom. The van der Waals surface area contributed by atoms with Gasteiger partial charge in [0, 0.05) is 23.7 Å². The minimum atomic E-state index is -1.60. The van der Waals surface area contributed by atoms with Crippen molar-refractivity contribution in [2.45, 2.75) is 124 Å². The van der Waals surface area contributed by atoms with Crippen LogP contribution in [0.5, 0.6) is 0 Å². The van der Waals surface area contributed by atoms with Gasteiger partial charge in [0.25, 0.3) is 0 Å². The van der Waals surface area contributed by atoms with Crippen molar-refractivity contribution in [1.82, 2.24) is 4.57 Å². The average molecular weight is 406 g/mol. The molecule has 0 saturated carbocycles. The summed E-state index contributed by atoms with van der Waals surface area (Å²) in [5.74, 6) is 0. The highest BCUT2D eigenvalue weighted by Gasteiger charge is 2.68. The van der Waals surface area contributed by atoms with Crippen LogP contribution in [0.25, 0.3) is 0 Å². The standard InChI is InChI=1S/C25H47NOSi/c1-19-20(2)22(4)25(21(19)3)18-26(23(5,6)7)28(25,11)17-15-13-12-14-16-27-24(8,9)10/h12-18H2,1-11H3. The molecule has 28 heavy (non-hydrogen) atoms. The van der Waals surface area contributed by atoms with E-state index in [2.05, 4.69) is 80.3 Å². The molecule has 2 rings (SSSR count). The van der Waals surface area contributed by atoms with Crippen molar-refractivity contribution in [3.8, 4) is 0 Å². The summed E-state index contributed by atoms with van der Waals surface area (Å²) in [6.45, 7) is 28.1. The highest BCUT2D eigenvalue weighted by atomic mass is 28.3. The molecule has 3 heteroatoms. The first kappa shape index (κ1) is 23.9. The lowest BCUT2D eigenvalue weighted by Gasteiger charge is -2.69. The Morgan fingerprint density at radius 2 is 1.36 bits per heavy atom. The molecule has 1 aliphatic carbocycles. The van der Waals surface area contributed by atoms with Crippen molar-refractivity contribution in [2.24, 2.45) is 0 Å². The summed E-state index contributed by atoms with van der Waals surface area (Å²) in [6.07, 6.45) is 5.20. The molecule has 1 saturated heterocycles. The highest BCUT2D eigenvalue weighted by molar-refractivity contribution is 6.83. The molecular formula is C25H47NOSi. The number of rotatable bonds is 7. The molecule has 0 radical (unpaired) electrons. The van der Waals surface area contributed by atoms with Gasteiger partial charge in [-0.2, -0.15) is 0 Å². The van der Waals surface area contributed by atoms with Crippen LogP contribution in [-0.4, -0.2) is 37.1 Å². The summed E-state index contributed by atoms with van der Waals surface area (Å²) >= 11 is 0. The van der Waals surface area contributed by atoms with Crippen LogP contribution < -0.4 is 0 Å². The van der Waals surface area contributed by atoms with E-state index in [4.69, 9.17) is 4.74 Å². The number of allylic oxidation sites excluding steroid dienone is 2. The maximum Gasteiger partial charge on any atom is 0.141 e. The Bertz CT molecular complexity index is 622. The Morgan fingerprint density at radius 1 is 0.857 bits per heavy atom.